The largest absolute Gasteiger partial charge is 0.394 e. The first-order valence-corrected chi connectivity index (χ1v) is 6.57. The lowest BCUT2D eigenvalue weighted by Gasteiger charge is -1.99. The molecule has 104 valence electrons. The molecule has 0 fully saturated rings. The van der Waals surface area contributed by atoms with Crippen molar-refractivity contribution in [3.05, 3.63) is 34.1 Å². The van der Waals surface area contributed by atoms with Gasteiger partial charge in [0.15, 0.2) is 0 Å². The predicted octanol–water partition coefficient (Wildman–Crippen LogP) is 1.24. The fraction of sp³-hybridized carbons (Fsp3) is 0.200. The van der Waals surface area contributed by atoms with Crippen LogP contribution in [0.4, 0.5) is 17.3 Å². The smallest absolute Gasteiger partial charge is 0.373 e. The number of hydrogen-bond acceptors (Lipinski definition) is 7. The summed E-state index contributed by atoms with van der Waals surface area (Å²) in [6.07, 6.45) is 4.77. The number of rotatable bonds is 5. The summed E-state index contributed by atoms with van der Waals surface area (Å²) in [6.45, 7) is 0.337. The third-order valence-electron chi connectivity index (χ3n) is 2.63. The second-order valence-corrected chi connectivity index (χ2v) is 4.81. The van der Waals surface area contributed by atoms with E-state index in [9.17, 15) is 10.1 Å². The van der Waals surface area contributed by atoms with Crippen LogP contribution < -0.4 is 5.32 Å². The number of aromatic nitrogens is 4. The second-order valence-electron chi connectivity index (χ2n) is 3.94. The molecule has 0 aromatic carbocycles. The number of nitro groups is 1. The summed E-state index contributed by atoms with van der Waals surface area (Å²) in [4.78, 5) is 15.4. The first kappa shape index (κ1) is 12.6. The molecular formula is C10H10N6O3S. The number of thiazole rings is 1. The molecule has 3 aromatic rings. The summed E-state index contributed by atoms with van der Waals surface area (Å²) in [5.74, 6) is 0.0570. The number of hydrogen-bond donors (Lipinski definition) is 2. The van der Waals surface area contributed by atoms with Crippen LogP contribution in [-0.2, 0) is 6.54 Å². The van der Waals surface area contributed by atoms with Gasteiger partial charge >= 0.3 is 5.82 Å². The molecule has 2 N–H and O–H groups in total. The predicted molar refractivity (Wildman–Crippen MR) is 72.3 cm³/mol. The molecule has 0 aliphatic rings. The van der Waals surface area contributed by atoms with Crippen molar-refractivity contribution < 1.29 is 10.0 Å². The Labute approximate surface area is 116 Å². The number of aliphatic hydroxyl groups is 1. The van der Waals surface area contributed by atoms with E-state index in [1.54, 1.807) is 17.8 Å². The summed E-state index contributed by atoms with van der Waals surface area (Å²) in [5.41, 5.74) is 0.576. The van der Waals surface area contributed by atoms with Gasteiger partial charge in [-0.25, -0.2) is 0 Å². The van der Waals surface area contributed by atoms with E-state index in [1.807, 2.05) is 0 Å². The van der Waals surface area contributed by atoms with E-state index >= 15 is 0 Å². The van der Waals surface area contributed by atoms with E-state index in [0.29, 0.717) is 17.2 Å². The minimum absolute atomic E-state index is 0.0263. The van der Waals surface area contributed by atoms with Gasteiger partial charge in [0.2, 0.25) is 5.82 Å². The van der Waals surface area contributed by atoms with Crippen LogP contribution >= 0.6 is 11.3 Å². The van der Waals surface area contributed by atoms with Gasteiger partial charge in [0.1, 0.15) is 6.20 Å². The Kier molecular flexibility index (Phi) is 3.08. The van der Waals surface area contributed by atoms with Crippen LogP contribution in [0.25, 0.3) is 4.96 Å². The number of fused-ring (bicyclic) bond motifs is 1. The van der Waals surface area contributed by atoms with Gasteiger partial charge in [-0.2, -0.15) is 14.5 Å². The zero-order valence-electron chi connectivity index (χ0n) is 10.1. The molecule has 3 heterocycles. The molecule has 0 aliphatic carbocycles. The third kappa shape index (κ3) is 2.10. The summed E-state index contributed by atoms with van der Waals surface area (Å²) < 4.78 is 2.96. The van der Waals surface area contributed by atoms with Gasteiger partial charge in [0, 0.05) is 11.6 Å². The maximum Gasteiger partial charge on any atom is 0.373 e. The van der Waals surface area contributed by atoms with Crippen molar-refractivity contribution in [3.8, 4) is 0 Å². The minimum atomic E-state index is -0.479. The Hall–Kier alpha value is -2.46. The van der Waals surface area contributed by atoms with Crippen LogP contribution in [0, 0.1) is 10.1 Å². The van der Waals surface area contributed by atoms with Crippen LogP contribution in [0.5, 0.6) is 0 Å². The molecule has 3 aromatic heterocycles. The normalized spacial score (nSPS) is 11.1. The topological polar surface area (TPSA) is 111 Å². The van der Waals surface area contributed by atoms with E-state index in [2.05, 4.69) is 15.4 Å². The average Bonchev–Trinajstić information content (AvgIpc) is 3.05. The molecule has 10 heteroatoms. The molecule has 0 spiro atoms. The zero-order chi connectivity index (χ0) is 14.1. The van der Waals surface area contributed by atoms with Crippen LogP contribution in [0.1, 0.15) is 0 Å². The fourth-order valence-electron chi connectivity index (χ4n) is 1.82. The highest BCUT2D eigenvalue weighted by molar-refractivity contribution is 7.15. The Balaban J connectivity index is 1.94. The van der Waals surface area contributed by atoms with Crippen LogP contribution in [-0.4, -0.2) is 35.8 Å². The van der Waals surface area contributed by atoms with Gasteiger partial charge in [-0.15, -0.1) is 0 Å². The van der Waals surface area contributed by atoms with E-state index in [-0.39, 0.29) is 18.2 Å². The van der Waals surface area contributed by atoms with Crippen molar-refractivity contribution in [2.24, 2.45) is 0 Å². The Morgan fingerprint density at radius 2 is 2.40 bits per heavy atom. The molecular weight excluding hydrogens is 284 g/mol. The van der Waals surface area contributed by atoms with Crippen molar-refractivity contribution >= 4 is 33.6 Å². The SMILES string of the molecule is O=[N+]([O-])c1c(Nc2cnn(CCO)c2)nc2sccn12. The summed E-state index contributed by atoms with van der Waals surface area (Å²) in [5, 5.41) is 28.6. The highest BCUT2D eigenvalue weighted by Crippen LogP contribution is 2.30. The summed E-state index contributed by atoms with van der Waals surface area (Å²) >= 11 is 1.32. The average molecular weight is 294 g/mol. The van der Waals surface area contributed by atoms with Gasteiger partial charge in [-0.05, 0) is 4.92 Å². The number of imidazole rings is 1. The first-order valence-electron chi connectivity index (χ1n) is 5.69. The molecule has 3 rings (SSSR count). The van der Waals surface area contributed by atoms with Gasteiger partial charge in [-0.3, -0.25) is 4.68 Å². The maximum absolute atomic E-state index is 11.1. The number of anilines is 2. The van der Waals surface area contributed by atoms with Crippen molar-refractivity contribution in [2.75, 3.05) is 11.9 Å². The molecule has 0 aliphatic heterocycles. The Morgan fingerprint density at radius 3 is 3.15 bits per heavy atom. The Morgan fingerprint density at radius 1 is 1.55 bits per heavy atom. The molecule has 0 unspecified atom stereocenters. The van der Waals surface area contributed by atoms with Crippen LogP contribution in [0.3, 0.4) is 0 Å². The third-order valence-corrected chi connectivity index (χ3v) is 3.39. The molecule has 0 bridgehead atoms. The van der Waals surface area contributed by atoms with Gasteiger partial charge in [0.05, 0.1) is 25.0 Å². The summed E-state index contributed by atoms with van der Waals surface area (Å²) in [6, 6.07) is 0. The highest BCUT2D eigenvalue weighted by Gasteiger charge is 2.23. The van der Waals surface area contributed by atoms with Crippen molar-refractivity contribution in [3.63, 3.8) is 0 Å². The maximum atomic E-state index is 11.1. The number of aliphatic hydroxyl groups excluding tert-OH is 1. The van der Waals surface area contributed by atoms with E-state index < -0.39 is 4.92 Å². The zero-order valence-corrected chi connectivity index (χ0v) is 10.9. The number of nitrogens with one attached hydrogen (secondary N) is 1. The van der Waals surface area contributed by atoms with Crippen molar-refractivity contribution in [1.82, 2.24) is 19.2 Å². The molecule has 0 saturated carbocycles. The fourth-order valence-corrected chi connectivity index (χ4v) is 2.53. The van der Waals surface area contributed by atoms with Crippen LogP contribution in [0.15, 0.2) is 24.0 Å². The molecule has 20 heavy (non-hydrogen) atoms. The molecule has 0 saturated heterocycles. The Bertz CT molecular complexity index is 760. The standard InChI is InChI=1S/C10H10N6O3S/c17-3-1-14-6-7(5-11-14)12-8-9(16(18)19)15-2-4-20-10(15)13-8/h2,4-6,12,17H,1,3H2. The lowest BCUT2D eigenvalue weighted by Crippen LogP contribution is -2.01. The second kappa shape index (κ2) is 4.90. The minimum Gasteiger partial charge on any atom is -0.394 e. The molecule has 9 nitrogen and oxygen atoms in total. The molecule has 0 radical (unpaired) electrons. The quantitative estimate of drug-likeness (QED) is 0.541. The molecule has 0 amide bonds. The van der Waals surface area contributed by atoms with Gasteiger partial charge < -0.3 is 20.5 Å². The van der Waals surface area contributed by atoms with E-state index in [1.165, 1.54) is 26.6 Å². The van der Waals surface area contributed by atoms with Gasteiger partial charge in [-0.1, -0.05) is 11.3 Å². The van der Waals surface area contributed by atoms with Crippen LogP contribution in [0.2, 0.25) is 0 Å². The van der Waals surface area contributed by atoms with E-state index in [4.69, 9.17) is 5.11 Å². The summed E-state index contributed by atoms with van der Waals surface area (Å²) in [7, 11) is 0. The monoisotopic (exact) mass is 294 g/mol. The van der Waals surface area contributed by atoms with Crippen molar-refractivity contribution in [1.29, 1.82) is 0 Å². The van der Waals surface area contributed by atoms with Gasteiger partial charge in [0.25, 0.3) is 4.96 Å². The first-order chi connectivity index (χ1) is 9.69. The molecule has 0 atom stereocenters. The highest BCUT2D eigenvalue weighted by atomic mass is 32.1. The lowest BCUT2D eigenvalue weighted by molar-refractivity contribution is -0.389. The van der Waals surface area contributed by atoms with E-state index in [0.717, 1.165) is 0 Å². The number of nitrogens with zero attached hydrogens (tertiary/aromatic N) is 5. The van der Waals surface area contributed by atoms with Crippen molar-refractivity contribution in [2.45, 2.75) is 6.54 Å². The lowest BCUT2D eigenvalue weighted by atomic mass is 10.5.